The number of halogens is 2. The van der Waals surface area contributed by atoms with Gasteiger partial charge in [0.05, 0.1) is 19.3 Å². The number of ether oxygens (including phenoxy) is 3. The normalized spacial score (nSPS) is 16.9. The van der Waals surface area contributed by atoms with Crippen LogP contribution in [0.25, 0.3) is 0 Å². The van der Waals surface area contributed by atoms with E-state index < -0.39 is 0 Å². The highest BCUT2D eigenvalue weighted by Gasteiger charge is 2.14. The monoisotopic (exact) mass is 495 g/mol. The Kier molecular flexibility index (Phi) is 12.6. The third kappa shape index (κ3) is 9.18. The molecule has 154 valence electrons. The molecule has 0 spiro atoms. The molecule has 0 bridgehead atoms. The van der Waals surface area contributed by atoms with E-state index in [4.69, 9.17) is 14.2 Å². The van der Waals surface area contributed by atoms with Gasteiger partial charge in [0.15, 0.2) is 5.96 Å². The summed E-state index contributed by atoms with van der Waals surface area (Å²) in [6, 6.07) is 5.03. The van der Waals surface area contributed by atoms with E-state index in [0.29, 0.717) is 31.3 Å². The Morgan fingerprint density at radius 3 is 2.93 bits per heavy atom. The number of benzene rings is 1. The Hall–Kier alpha value is -0.970. The largest absolute Gasteiger partial charge is 0.380 e. The first-order valence-corrected chi connectivity index (χ1v) is 9.13. The van der Waals surface area contributed by atoms with Crippen LogP contribution in [-0.4, -0.2) is 52.6 Å². The maximum Gasteiger partial charge on any atom is 0.191 e. The van der Waals surface area contributed by atoms with Crippen molar-refractivity contribution < 1.29 is 18.6 Å². The zero-order chi connectivity index (χ0) is 18.6. The van der Waals surface area contributed by atoms with Gasteiger partial charge >= 0.3 is 0 Å². The highest BCUT2D eigenvalue weighted by atomic mass is 127. The zero-order valence-corrected chi connectivity index (χ0v) is 18.5. The van der Waals surface area contributed by atoms with Crippen LogP contribution in [0, 0.1) is 5.82 Å². The molecule has 1 aromatic rings. The van der Waals surface area contributed by atoms with Crippen molar-refractivity contribution in [1.82, 2.24) is 10.6 Å². The lowest BCUT2D eigenvalue weighted by Gasteiger charge is -2.13. The molecule has 27 heavy (non-hydrogen) atoms. The van der Waals surface area contributed by atoms with E-state index in [1.165, 1.54) is 6.07 Å². The number of nitrogens with zero attached hydrogens (tertiary/aromatic N) is 1. The van der Waals surface area contributed by atoms with Gasteiger partial charge in [0.1, 0.15) is 5.82 Å². The molecule has 1 aromatic carbocycles. The van der Waals surface area contributed by atoms with Crippen molar-refractivity contribution in [2.45, 2.75) is 38.5 Å². The van der Waals surface area contributed by atoms with Crippen LogP contribution < -0.4 is 10.6 Å². The van der Waals surface area contributed by atoms with Gasteiger partial charge in [-0.15, -0.1) is 24.0 Å². The van der Waals surface area contributed by atoms with E-state index in [0.717, 1.165) is 38.0 Å². The maximum absolute atomic E-state index is 13.6. The summed E-state index contributed by atoms with van der Waals surface area (Å²) in [5.41, 5.74) is 1.53. The first-order valence-electron chi connectivity index (χ1n) is 9.13. The summed E-state index contributed by atoms with van der Waals surface area (Å²) in [7, 11) is 3.28. The quantitative estimate of drug-likeness (QED) is 0.226. The molecule has 1 heterocycles. The molecule has 1 fully saturated rings. The standard InChI is InChI=1S/C19H30FN3O3.HI/c1-21-19(22-8-4-9-25-14-17-5-3-10-26-17)23-12-15-6-7-18(20)16(11-15)13-24-2;/h6-7,11,17H,3-5,8-10,12-14H2,1-2H3,(H2,21,22,23);1H. The molecule has 0 aromatic heterocycles. The van der Waals surface area contributed by atoms with Crippen molar-refractivity contribution in [3.63, 3.8) is 0 Å². The fraction of sp³-hybridized carbons (Fsp3) is 0.632. The third-order valence-corrected chi connectivity index (χ3v) is 4.18. The smallest absolute Gasteiger partial charge is 0.191 e. The molecule has 8 heteroatoms. The summed E-state index contributed by atoms with van der Waals surface area (Å²) >= 11 is 0. The van der Waals surface area contributed by atoms with E-state index in [-0.39, 0.29) is 42.5 Å². The van der Waals surface area contributed by atoms with Gasteiger partial charge in [0, 0.05) is 46.0 Å². The Morgan fingerprint density at radius 2 is 2.22 bits per heavy atom. The molecule has 2 N–H and O–H groups in total. The van der Waals surface area contributed by atoms with Crippen LogP contribution in [0.3, 0.4) is 0 Å². The molecule has 1 atom stereocenters. The van der Waals surface area contributed by atoms with Crippen LogP contribution in [-0.2, 0) is 27.4 Å². The highest BCUT2D eigenvalue weighted by Crippen LogP contribution is 2.12. The second-order valence-corrected chi connectivity index (χ2v) is 6.27. The Balaban J connectivity index is 0.00000364. The minimum atomic E-state index is -0.249. The van der Waals surface area contributed by atoms with Crippen molar-refractivity contribution >= 4 is 29.9 Å². The van der Waals surface area contributed by atoms with Gasteiger partial charge in [0.2, 0.25) is 0 Å². The number of methoxy groups -OCH3 is 1. The second-order valence-electron chi connectivity index (χ2n) is 6.27. The van der Waals surface area contributed by atoms with Gasteiger partial charge < -0.3 is 24.8 Å². The van der Waals surface area contributed by atoms with Crippen LogP contribution in [0.2, 0.25) is 0 Å². The SMILES string of the molecule is CN=C(NCCCOCC1CCCO1)NCc1ccc(F)c(COC)c1.I. The van der Waals surface area contributed by atoms with E-state index >= 15 is 0 Å². The van der Waals surface area contributed by atoms with Crippen molar-refractivity contribution in [2.75, 3.05) is 40.5 Å². The molecule has 1 unspecified atom stereocenters. The van der Waals surface area contributed by atoms with Crippen molar-refractivity contribution in [3.8, 4) is 0 Å². The van der Waals surface area contributed by atoms with Crippen molar-refractivity contribution in [2.24, 2.45) is 4.99 Å². The van der Waals surface area contributed by atoms with Gasteiger partial charge in [-0.2, -0.15) is 0 Å². The Morgan fingerprint density at radius 1 is 1.37 bits per heavy atom. The maximum atomic E-state index is 13.6. The van der Waals surface area contributed by atoms with E-state index in [1.54, 1.807) is 26.3 Å². The topological polar surface area (TPSA) is 64.1 Å². The average Bonchev–Trinajstić information content (AvgIpc) is 3.16. The van der Waals surface area contributed by atoms with Gasteiger partial charge in [-0.25, -0.2) is 4.39 Å². The fourth-order valence-electron chi connectivity index (χ4n) is 2.78. The van der Waals surface area contributed by atoms with Crippen LogP contribution in [0.1, 0.15) is 30.4 Å². The predicted octanol–water partition coefficient (Wildman–Crippen LogP) is 2.84. The molecule has 0 radical (unpaired) electrons. The summed E-state index contributed by atoms with van der Waals surface area (Å²) < 4.78 is 29.8. The van der Waals surface area contributed by atoms with Gasteiger partial charge in [-0.3, -0.25) is 4.99 Å². The molecule has 0 saturated carbocycles. The molecular weight excluding hydrogens is 464 g/mol. The lowest BCUT2D eigenvalue weighted by Crippen LogP contribution is -2.37. The van der Waals surface area contributed by atoms with E-state index in [1.807, 2.05) is 0 Å². The zero-order valence-electron chi connectivity index (χ0n) is 16.1. The second kappa shape index (κ2) is 14.1. The summed E-state index contributed by atoms with van der Waals surface area (Å²) in [4.78, 5) is 4.20. The van der Waals surface area contributed by atoms with Gasteiger partial charge in [-0.05, 0) is 37.0 Å². The van der Waals surface area contributed by atoms with Crippen LogP contribution >= 0.6 is 24.0 Å². The minimum Gasteiger partial charge on any atom is -0.380 e. The molecule has 1 aliphatic rings. The van der Waals surface area contributed by atoms with Crippen LogP contribution in [0.4, 0.5) is 4.39 Å². The number of aliphatic imine (C=N–C) groups is 1. The predicted molar refractivity (Wildman–Crippen MR) is 115 cm³/mol. The number of guanidine groups is 1. The Bertz CT molecular complexity index is 569. The molecule has 6 nitrogen and oxygen atoms in total. The number of rotatable bonds is 10. The fourth-order valence-corrected chi connectivity index (χ4v) is 2.78. The number of hydrogen-bond donors (Lipinski definition) is 2. The number of hydrogen-bond acceptors (Lipinski definition) is 4. The number of nitrogens with one attached hydrogen (secondary N) is 2. The van der Waals surface area contributed by atoms with Crippen LogP contribution in [0.15, 0.2) is 23.2 Å². The molecule has 0 amide bonds. The van der Waals surface area contributed by atoms with Crippen LogP contribution in [0.5, 0.6) is 0 Å². The third-order valence-electron chi connectivity index (χ3n) is 4.18. The molecule has 2 rings (SSSR count). The van der Waals surface area contributed by atoms with E-state index in [9.17, 15) is 4.39 Å². The van der Waals surface area contributed by atoms with Crippen molar-refractivity contribution in [3.05, 3.63) is 35.1 Å². The molecule has 0 aliphatic carbocycles. The van der Waals surface area contributed by atoms with Crippen molar-refractivity contribution in [1.29, 1.82) is 0 Å². The first kappa shape index (κ1) is 24.1. The first-order chi connectivity index (χ1) is 12.7. The summed E-state index contributed by atoms with van der Waals surface area (Å²) in [5, 5.41) is 6.47. The molecular formula is C19H31FIN3O3. The average molecular weight is 495 g/mol. The molecule has 1 aliphatic heterocycles. The van der Waals surface area contributed by atoms with Gasteiger partial charge in [0.25, 0.3) is 0 Å². The highest BCUT2D eigenvalue weighted by molar-refractivity contribution is 14.0. The van der Waals surface area contributed by atoms with E-state index in [2.05, 4.69) is 15.6 Å². The summed E-state index contributed by atoms with van der Waals surface area (Å²) in [5.74, 6) is 0.461. The lowest BCUT2D eigenvalue weighted by molar-refractivity contribution is 0.0168. The summed E-state index contributed by atoms with van der Waals surface area (Å²) in [6.07, 6.45) is 3.40. The minimum absolute atomic E-state index is 0. The Labute approximate surface area is 178 Å². The molecule has 1 saturated heterocycles. The summed E-state index contributed by atoms with van der Waals surface area (Å²) in [6.45, 7) is 3.83. The van der Waals surface area contributed by atoms with Gasteiger partial charge in [-0.1, -0.05) is 6.07 Å². The lowest BCUT2D eigenvalue weighted by atomic mass is 10.1.